The second-order valence-corrected chi connectivity index (χ2v) is 5.34. The van der Waals surface area contributed by atoms with E-state index in [0.29, 0.717) is 0 Å². The second kappa shape index (κ2) is 8.89. The van der Waals surface area contributed by atoms with Crippen LogP contribution in [0.2, 0.25) is 12.1 Å². The van der Waals surface area contributed by atoms with Crippen LogP contribution in [0.4, 0.5) is 0 Å². The molecule has 0 aromatic heterocycles. The van der Waals surface area contributed by atoms with Crippen molar-refractivity contribution in [2.75, 3.05) is 0 Å². The van der Waals surface area contributed by atoms with E-state index in [2.05, 4.69) is 6.92 Å². The van der Waals surface area contributed by atoms with E-state index in [1.807, 2.05) is 0 Å². The Kier molecular flexibility index (Phi) is 9.53. The Bertz CT molecular complexity index is 76.5. The lowest BCUT2D eigenvalue weighted by Crippen LogP contribution is -1.95. The van der Waals surface area contributed by atoms with Gasteiger partial charge in [0.2, 0.25) is 0 Å². The molecule has 0 spiro atoms. The molecule has 0 bridgehead atoms. The minimum atomic E-state index is -0.139. The van der Waals surface area contributed by atoms with Gasteiger partial charge in [-0.05, 0) is 6.04 Å². The predicted molar refractivity (Wildman–Crippen MR) is 55.0 cm³/mol. The molecule has 0 aromatic carbocycles. The van der Waals surface area contributed by atoms with Gasteiger partial charge in [-0.3, -0.25) is 0 Å². The maximum atomic E-state index is 5.59. The molecule has 0 aliphatic heterocycles. The molecule has 0 saturated carbocycles. The molecular weight excluding hydrogens is 195 g/mol. The third-order valence-corrected chi connectivity index (χ3v) is 3.74. The molecule has 2 radical (unpaired) electrons. The van der Waals surface area contributed by atoms with Gasteiger partial charge in [0.1, 0.15) is 4.84 Å². The van der Waals surface area contributed by atoms with E-state index in [9.17, 15) is 0 Å². The van der Waals surface area contributed by atoms with Crippen molar-refractivity contribution in [1.82, 2.24) is 0 Å². The monoisotopic (exact) mass is 210 g/mol. The topological polar surface area (TPSA) is 0 Å². The molecule has 0 saturated heterocycles. The van der Waals surface area contributed by atoms with Crippen LogP contribution in [0.25, 0.3) is 0 Å². The average molecular weight is 211 g/mol. The van der Waals surface area contributed by atoms with Crippen LogP contribution in [0.5, 0.6) is 0 Å². The Labute approximate surface area is 82.5 Å². The summed E-state index contributed by atoms with van der Waals surface area (Å²) >= 11 is 11.2. The summed E-state index contributed by atoms with van der Waals surface area (Å²) in [5.41, 5.74) is 0. The molecule has 0 aliphatic carbocycles. The SMILES string of the molecule is CCCCCC[Si]CC(Cl)Cl. The normalized spacial score (nSPS) is 10.9. The van der Waals surface area contributed by atoms with Crippen molar-refractivity contribution in [1.29, 1.82) is 0 Å². The molecule has 0 fully saturated rings. The van der Waals surface area contributed by atoms with Gasteiger partial charge in [0.25, 0.3) is 0 Å². The van der Waals surface area contributed by atoms with E-state index in [0.717, 1.165) is 15.6 Å². The van der Waals surface area contributed by atoms with Crippen LogP contribution in [0.3, 0.4) is 0 Å². The van der Waals surface area contributed by atoms with Gasteiger partial charge in [0.05, 0.1) is 0 Å². The van der Waals surface area contributed by atoms with Crippen molar-refractivity contribution in [3.8, 4) is 0 Å². The zero-order valence-electron chi connectivity index (χ0n) is 7.08. The van der Waals surface area contributed by atoms with Crippen LogP contribution in [-0.4, -0.2) is 14.4 Å². The predicted octanol–water partition coefficient (Wildman–Crippen LogP) is 3.91. The van der Waals surface area contributed by atoms with Crippen LogP contribution in [0.1, 0.15) is 32.6 Å². The molecule has 11 heavy (non-hydrogen) atoms. The van der Waals surface area contributed by atoms with Gasteiger partial charge < -0.3 is 0 Å². The first kappa shape index (κ1) is 11.8. The third-order valence-electron chi connectivity index (χ3n) is 1.51. The molecule has 0 N–H and O–H groups in total. The van der Waals surface area contributed by atoms with Crippen LogP contribution in [0, 0.1) is 0 Å². The summed E-state index contributed by atoms with van der Waals surface area (Å²) in [4.78, 5) is -0.139. The van der Waals surface area contributed by atoms with Gasteiger partial charge >= 0.3 is 0 Å². The van der Waals surface area contributed by atoms with Crippen molar-refractivity contribution < 1.29 is 0 Å². The summed E-state index contributed by atoms with van der Waals surface area (Å²) in [5.74, 6) is 0. The average Bonchev–Trinajstić information content (AvgIpc) is 1.96. The fourth-order valence-corrected chi connectivity index (χ4v) is 2.46. The van der Waals surface area contributed by atoms with E-state index in [1.54, 1.807) is 0 Å². The summed E-state index contributed by atoms with van der Waals surface area (Å²) < 4.78 is 0. The number of alkyl halides is 2. The van der Waals surface area contributed by atoms with Crippen LogP contribution in [-0.2, 0) is 0 Å². The van der Waals surface area contributed by atoms with E-state index in [4.69, 9.17) is 23.2 Å². The lowest BCUT2D eigenvalue weighted by Gasteiger charge is -1.99. The summed E-state index contributed by atoms with van der Waals surface area (Å²) in [5, 5.41) is 0. The lowest BCUT2D eigenvalue weighted by atomic mass is 10.2. The summed E-state index contributed by atoms with van der Waals surface area (Å²) in [6, 6.07) is 2.30. The molecule has 0 aliphatic rings. The second-order valence-electron chi connectivity index (χ2n) is 2.66. The zero-order valence-corrected chi connectivity index (χ0v) is 9.59. The van der Waals surface area contributed by atoms with Crippen molar-refractivity contribution in [2.24, 2.45) is 0 Å². The fraction of sp³-hybridized carbons (Fsp3) is 1.00. The molecule has 0 amide bonds. The van der Waals surface area contributed by atoms with E-state index in [1.165, 1.54) is 31.7 Å². The Morgan fingerprint density at radius 3 is 2.45 bits per heavy atom. The number of hydrogen-bond donors (Lipinski definition) is 0. The summed E-state index contributed by atoms with van der Waals surface area (Å²) in [7, 11) is 0.960. The Morgan fingerprint density at radius 2 is 1.91 bits per heavy atom. The molecule has 3 heteroatoms. The molecular formula is C8H16Cl2Si. The number of rotatable bonds is 7. The first-order valence-corrected chi connectivity index (χ1v) is 6.55. The van der Waals surface area contributed by atoms with E-state index >= 15 is 0 Å². The van der Waals surface area contributed by atoms with Gasteiger partial charge in [0, 0.05) is 9.52 Å². The van der Waals surface area contributed by atoms with Crippen molar-refractivity contribution >= 4 is 32.7 Å². The van der Waals surface area contributed by atoms with Gasteiger partial charge in [-0.1, -0.05) is 38.7 Å². The Hall–Kier alpha value is 0.797. The maximum absolute atomic E-state index is 5.59. The van der Waals surface area contributed by atoms with Crippen molar-refractivity contribution in [3.05, 3.63) is 0 Å². The molecule has 0 nitrogen and oxygen atoms in total. The standard InChI is InChI=1S/C8H16Cl2Si/c1-2-3-4-5-6-11-7-8(9)10/h8H,2-7H2,1H3. The third kappa shape index (κ3) is 10.8. The highest BCUT2D eigenvalue weighted by atomic mass is 35.5. The number of unbranched alkanes of at least 4 members (excludes halogenated alkanes) is 3. The van der Waals surface area contributed by atoms with E-state index < -0.39 is 0 Å². The lowest BCUT2D eigenvalue weighted by molar-refractivity contribution is 0.700. The van der Waals surface area contributed by atoms with Crippen LogP contribution in [0.15, 0.2) is 0 Å². The van der Waals surface area contributed by atoms with Gasteiger partial charge in [-0.15, -0.1) is 23.2 Å². The molecule has 0 heterocycles. The van der Waals surface area contributed by atoms with Gasteiger partial charge in [-0.2, -0.15) is 0 Å². The van der Waals surface area contributed by atoms with Crippen LogP contribution >= 0.6 is 23.2 Å². The Morgan fingerprint density at radius 1 is 1.18 bits per heavy atom. The van der Waals surface area contributed by atoms with Gasteiger partial charge in [0.15, 0.2) is 0 Å². The highest BCUT2D eigenvalue weighted by Gasteiger charge is 1.98. The van der Waals surface area contributed by atoms with Crippen molar-refractivity contribution in [3.63, 3.8) is 0 Å². The first-order chi connectivity index (χ1) is 5.27. The molecule has 0 unspecified atom stereocenters. The molecule has 0 aromatic rings. The minimum Gasteiger partial charge on any atom is -0.106 e. The largest absolute Gasteiger partial charge is 0.106 e. The van der Waals surface area contributed by atoms with Crippen molar-refractivity contribution in [2.45, 2.75) is 49.5 Å². The molecule has 0 rings (SSSR count). The Balaban J connectivity index is 2.80. The highest BCUT2D eigenvalue weighted by molar-refractivity contribution is 6.49. The summed E-state index contributed by atoms with van der Waals surface area (Å²) in [6.07, 6.45) is 5.41. The zero-order chi connectivity index (χ0) is 8.53. The van der Waals surface area contributed by atoms with Gasteiger partial charge in [-0.25, -0.2) is 0 Å². The minimum absolute atomic E-state index is 0.139. The quantitative estimate of drug-likeness (QED) is 0.340. The fourth-order valence-electron chi connectivity index (χ4n) is 0.888. The number of halogens is 2. The summed E-state index contributed by atoms with van der Waals surface area (Å²) in [6.45, 7) is 2.23. The smallest absolute Gasteiger partial charge is 0.105 e. The molecule has 0 atom stereocenters. The first-order valence-electron chi connectivity index (χ1n) is 4.26. The maximum Gasteiger partial charge on any atom is 0.105 e. The highest BCUT2D eigenvalue weighted by Crippen LogP contribution is 2.09. The van der Waals surface area contributed by atoms with E-state index in [-0.39, 0.29) is 4.84 Å². The van der Waals surface area contributed by atoms with Crippen LogP contribution < -0.4 is 0 Å². The molecule has 66 valence electrons. The number of hydrogen-bond acceptors (Lipinski definition) is 0.